The minimum atomic E-state index is -0.754. The van der Waals surface area contributed by atoms with Crippen molar-refractivity contribution in [1.29, 1.82) is 0 Å². The lowest BCUT2D eigenvalue weighted by molar-refractivity contribution is -0.257. The first-order valence-corrected chi connectivity index (χ1v) is 12.2. The van der Waals surface area contributed by atoms with E-state index in [9.17, 15) is 5.11 Å². The van der Waals surface area contributed by atoms with Gasteiger partial charge in [0.2, 0.25) is 0 Å². The number of ether oxygens (including phenoxy) is 2. The summed E-state index contributed by atoms with van der Waals surface area (Å²) >= 11 is 0. The lowest BCUT2D eigenvalue weighted by Gasteiger charge is -2.34. The third kappa shape index (κ3) is 11.8. The largest absolute Gasteiger partial charge is 0.391 e. The van der Waals surface area contributed by atoms with E-state index in [1.54, 1.807) is 6.92 Å². The Hall–Kier alpha value is -0.900. The van der Waals surface area contributed by atoms with Gasteiger partial charge in [-0.15, -0.1) is 0 Å². The molecule has 1 N–H and O–H groups in total. The molecule has 0 aromatic heterocycles. The van der Waals surface area contributed by atoms with Crippen LogP contribution in [0.4, 0.5) is 0 Å². The summed E-state index contributed by atoms with van der Waals surface area (Å²) in [5.41, 5.74) is 1.03. The number of unbranched alkanes of at least 4 members (excludes halogenated alkanes) is 11. The average molecular weight is 407 g/mol. The van der Waals surface area contributed by atoms with Gasteiger partial charge in [-0.05, 0) is 13.3 Å². The van der Waals surface area contributed by atoms with E-state index in [0.717, 1.165) is 18.4 Å². The molecule has 3 nitrogen and oxygen atoms in total. The molecular weight excluding hydrogens is 360 g/mol. The van der Waals surface area contributed by atoms with E-state index in [1.165, 1.54) is 70.6 Å². The molecule has 0 saturated heterocycles. The van der Waals surface area contributed by atoms with Gasteiger partial charge >= 0.3 is 0 Å². The first kappa shape index (κ1) is 26.1. The minimum absolute atomic E-state index is 0.279. The summed E-state index contributed by atoms with van der Waals surface area (Å²) in [6.07, 6.45) is 16.3. The van der Waals surface area contributed by atoms with Crippen LogP contribution in [0.15, 0.2) is 30.3 Å². The van der Waals surface area contributed by atoms with E-state index >= 15 is 0 Å². The van der Waals surface area contributed by atoms with Gasteiger partial charge in [0, 0.05) is 12.0 Å². The molecule has 1 aromatic rings. The Morgan fingerprint density at radius 2 is 1.28 bits per heavy atom. The molecule has 0 spiro atoms. The van der Waals surface area contributed by atoms with Crippen LogP contribution in [0.25, 0.3) is 0 Å². The summed E-state index contributed by atoms with van der Waals surface area (Å²) in [5, 5.41) is 9.66. The highest BCUT2D eigenvalue weighted by atomic mass is 16.7. The van der Waals surface area contributed by atoms with Gasteiger partial charge in [0.05, 0.1) is 19.3 Å². The highest BCUT2D eigenvalue weighted by Gasteiger charge is 2.32. The molecule has 0 aliphatic heterocycles. The smallest absolute Gasteiger partial charge is 0.194 e. The van der Waals surface area contributed by atoms with Gasteiger partial charge in [0.1, 0.15) is 0 Å². The van der Waals surface area contributed by atoms with Crippen molar-refractivity contribution in [2.45, 2.75) is 116 Å². The van der Waals surface area contributed by atoms with Crippen molar-refractivity contribution in [3.05, 3.63) is 35.9 Å². The fraction of sp³-hybridized carbons (Fsp3) is 0.769. The molecule has 2 atom stereocenters. The van der Waals surface area contributed by atoms with Crippen molar-refractivity contribution < 1.29 is 14.6 Å². The molecule has 0 radical (unpaired) electrons. The summed E-state index contributed by atoms with van der Waals surface area (Å²) in [6.45, 7) is 7.08. The molecular formula is C26H46O3. The Bertz CT molecular complexity index is 474. The maximum atomic E-state index is 9.66. The number of hydrogen-bond donors (Lipinski definition) is 1. The van der Waals surface area contributed by atoms with E-state index in [1.807, 2.05) is 30.3 Å². The number of hydrogen-bond acceptors (Lipinski definition) is 3. The lowest BCUT2D eigenvalue weighted by Crippen LogP contribution is -2.35. The third-order valence-corrected chi connectivity index (χ3v) is 5.57. The monoisotopic (exact) mass is 406 g/mol. The quantitative estimate of drug-likeness (QED) is 0.193. The second-order valence-corrected chi connectivity index (χ2v) is 8.37. The molecule has 1 aromatic carbocycles. The van der Waals surface area contributed by atoms with Crippen LogP contribution < -0.4 is 0 Å². The molecule has 0 fully saturated rings. The van der Waals surface area contributed by atoms with E-state index in [0.29, 0.717) is 6.61 Å². The molecule has 3 heteroatoms. The van der Waals surface area contributed by atoms with Crippen LogP contribution in [0.1, 0.15) is 110 Å². The zero-order valence-electron chi connectivity index (χ0n) is 19.3. The summed E-state index contributed by atoms with van der Waals surface area (Å²) in [5.74, 6) is -0.754. The molecule has 29 heavy (non-hydrogen) atoms. The van der Waals surface area contributed by atoms with Crippen LogP contribution >= 0.6 is 0 Å². The molecule has 0 aliphatic rings. The standard InChI is InChI=1S/C26H46O3/c1-4-6-7-8-9-10-11-12-13-14-15-19-22-28-26(5-2,29-23-24(3)27)25-20-17-16-18-21-25/h16-18,20-21,24,27H,4-15,19,22-23H2,1-3H3. The number of aliphatic hydroxyl groups is 1. The maximum Gasteiger partial charge on any atom is 0.194 e. The molecule has 168 valence electrons. The van der Waals surface area contributed by atoms with Gasteiger partial charge in [-0.25, -0.2) is 0 Å². The lowest BCUT2D eigenvalue weighted by atomic mass is 10.0. The Morgan fingerprint density at radius 3 is 1.76 bits per heavy atom. The number of benzene rings is 1. The molecule has 0 aliphatic carbocycles. The zero-order valence-corrected chi connectivity index (χ0v) is 19.3. The maximum absolute atomic E-state index is 9.66. The van der Waals surface area contributed by atoms with Crippen molar-refractivity contribution >= 4 is 0 Å². The summed E-state index contributed by atoms with van der Waals surface area (Å²) < 4.78 is 12.3. The van der Waals surface area contributed by atoms with Crippen LogP contribution in [-0.2, 0) is 15.3 Å². The Balaban J connectivity index is 2.21. The third-order valence-electron chi connectivity index (χ3n) is 5.57. The van der Waals surface area contributed by atoms with Crippen molar-refractivity contribution in [1.82, 2.24) is 0 Å². The van der Waals surface area contributed by atoms with Gasteiger partial charge in [0.25, 0.3) is 0 Å². The van der Waals surface area contributed by atoms with Crippen molar-refractivity contribution in [3.63, 3.8) is 0 Å². The second-order valence-electron chi connectivity index (χ2n) is 8.37. The van der Waals surface area contributed by atoms with Gasteiger partial charge in [0.15, 0.2) is 5.79 Å². The van der Waals surface area contributed by atoms with E-state index < -0.39 is 11.9 Å². The molecule has 1 rings (SSSR count). The van der Waals surface area contributed by atoms with Crippen LogP contribution in [0.5, 0.6) is 0 Å². The fourth-order valence-corrected chi connectivity index (χ4v) is 3.74. The minimum Gasteiger partial charge on any atom is -0.391 e. The normalized spacial score (nSPS) is 14.6. The first-order chi connectivity index (χ1) is 14.1. The van der Waals surface area contributed by atoms with Crippen LogP contribution in [0.3, 0.4) is 0 Å². The van der Waals surface area contributed by atoms with Gasteiger partial charge in [-0.3, -0.25) is 0 Å². The topological polar surface area (TPSA) is 38.7 Å². The number of aliphatic hydroxyl groups excluding tert-OH is 1. The fourth-order valence-electron chi connectivity index (χ4n) is 3.74. The summed E-state index contributed by atoms with van der Waals surface area (Å²) in [4.78, 5) is 0. The van der Waals surface area contributed by atoms with Crippen LogP contribution in [-0.4, -0.2) is 24.4 Å². The Morgan fingerprint density at radius 1 is 0.759 bits per heavy atom. The van der Waals surface area contributed by atoms with Crippen LogP contribution in [0, 0.1) is 0 Å². The molecule has 0 saturated carbocycles. The Kier molecular flexibility index (Phi) is 15.2. The summed E-state index contributed by atoms with van der Waals surface area (Å²) in [6, 6.07) is 10.1. The predicted molar refractivity (Wildman–Crippen MR) is 123 cm³/mol. The second kappa shape index (κ2) is 16.8. The highest BCUT2D eigenvalue weighted by Crippen LogP contribution is 2.31. The zero-order chi connectivity index (χ0) is 21.2. The Labute approximate surface area is 180 Å². The molecule has 2 unspecified atom stereocenters. The highest BCUT2D eigenvalue weighted by molar-refractivity contribution is 5.20. The van der Waals surface area contributed by atoms with Crippen LogP contribution in [0.2, 0.25) is 0 Å². The first-order valence-electron chi connectivity index (χ1n) is 12.2. The van der Waals surface area contributed by atoms with Crippen molar-refractivity contribution in [3.8, 4) is 0 Å². The van der Waals surface area contributed by atoms with Gasteiger partial charge in [-0.2, -0.15) is 0 Å². The van der Waals surface area contributed by atoms with E-state index in [-0.39, 0.29) is 6.61 Å². The molecule has 0 bridgehead atoms. The van der Waals surface area contributed by atoms with Gasteiger partial charge in [-0.1, -0.05) is 115 Å². The molecule has 0 heterocycles. The van der Waals surface area contributed by atoms with E-state index in [2.05, 4.69) is 13.8 Å². The van der Waals surface area contributed by atoms with E-state index in [4.69, 9.17) is 9.47 Å². The molecule has 0 amide bonds. The average Bonchev–Trinajstić information content (AvgIpc) is 2.74. The van der Waals surface area contributed by atoms with Gasteiger partial charge < -0.3 is 14.6 Å². The number of rotatable bonds is 19. The predicted octanol–water partition coefficient (Wildman–Crippen LogP) is 7.36. The summed E-state index contributed by atoms with van der Waals surface area (Å²) in [7, 11) is 0. The van der Waals surface area contributed by atoms with Crippen molar-refractivity contribution in [2.24, 2.45) is 0 Å². The SMILES string of the molecule is CCCCCCCCCCCCCCOC(CC)(OCC(C)O)c1ccccc1. The van der Waals surface area contributed by atoms with Crippen molar-refractivity contribution in [2.75, 3.05) is 13.2 Å².